The number of ether oxygens (including phenoxy) is 1. The van der Waals surface area contributed by atoms with Crippen LogP contribution in [0.2, 0.25) is 0 Å². The fourth-order valence-electron chi connectivity index (χ4n) is 3.85. The normalized spacial score (nSPS) is 13.6. The molecule has 7 heteroatoms. The Bertz CT molecular complexity index is 1330. The van der Waals surface area contributed by atoms with Gasteiger partial charge >= 0.3 is 6.09 Å². The molecule has 34 heavy (non-hydrogen) atoms. The summed E-state index contributed by atoms with van der Waals surface area (Å²) >= 11 is 0. The van der Waals surface area contributed by atoms with Crippen molar-refractivity contribution in [2.75, 3.05) is 5.32 Å². The van der Waals surface area contributed by atoms with Crippen LogP contribution in [0.3, 0.4) is 0 Å². The first-order valence-electron chi connectivity index (χ1n) is 11.2. The number of pyridine rings is 1. The number of carbonyl (C=O) groups excluding carboxylic acids is 1. The third kappa shape index (κ3) is 4.52. The van der Waals surface area contributed by atoms with Crippen molar-refractivity contribution in [1.29, 1.82) is 5.26 Å². The average molecular weight is 450 g/mol. The molecule has 1 fully saturated rings. The molecule has 1 aliphatic rings. The van der Waals surface area contributed by atoms with Crippen molar-refractivity contribution in [3.05, 3.63) is 95.8 Å². The van der Waals surface area contributed by atoms with E-state index < -0.39 is 12.2 Å². The van der Waals surface area contributed by atoms with Gasteiger partial charge in [0.05, 0.1) is 23.8 Å². The number of nitriles is 1. The fraction of sp³-hybridized carbons (Fsp3) is 0.185. The number of nitrogens with zero attached hydrogens (tertiary/aromatic N) is 4. The van der Waals surface area contributed by atoms with E-state index in [0.29, 0.717) is 11.6 Å². The predicted molar refractivity (Wildman–Crippen MR) is 128 cm³/mol. The molecule has 2 aromatic heterocycles. The molecule has 0 bridgehead atoms. The maximum Gasteiger partial charge on any atom is 0.413 e. The van der Waals surface area contributed by atoms with Crippen LogP contribution in [0.15, 0.2) is 79.1 Å². The van der Waals surface area contributed by atoms with Crippen LogP contribution in [-0.2, 0) is 4.74 Å². The Hall–Kier alpha value is -4.44. The number of benzene rings is 2. The van der Waals surface area contributed by atoms with Gasteiger partial charge in [0.2, 0.25) is 0 Å². The number of carbonyl (C=O) groups is 1. The van der Waals surface area contributed by atoms with E-state index in [1.165, 1.54) is 29.3 Å². The first-order chi connectivity index (χ1) is 16.6. The number of anilines is 1. The number of rotatable bonds is 6. The zero-order chi connectivity index (χ0) is 23.5. The van der Waals surface area contributed by atoms with Crippen molar-refractivity contribution < 1.29 is 9.53 Å². The van der Waals surface area contributed by atoms with Crippen LogP contribution < -0.4 is 5.32 Å². The lowest BCUT2D eigenvalue weighted by molar-refractivity contribution is 0.121. The lowest BCUT2D eigenvalue weighted by Gasteiger charge is -2.15. The maximum absolute atomic E-state index is 12.6. The van der Waals surface area contributed by atoms with Crippen LogP contribution in [0.4, 0.5) is 10.6 Å². The molecular weight excluding hydrogens is 426 g/mol. The van der Waals surface area contributed by atoms with Gasteiger partial charge in [0.25, 0.3) is 0 Å². The summed E-state index contributed by atoms with van der Waals surface area (Å²) in [5, 5.41) is 16.4. The van der Waals surface area contributed by atoms with Gasteiger partial charge in [0.15, 0.2) is 5.82 Å². The SMILES string of the molecule is CC(OC(=O)Nc1c(C#N)cnn1-c1ccc(-c2ccc(C3CC3)cc2)nc1)c1ccccc1. The largest absolute Gasteiger partial charge is 0.441 e. The Balaban J connectivity index is 1.33. The molecule has 7 nitrogen and oxygen atoms in total. The number of hydrogen-bond acceptors (Lipinski definition) is 5. The first-order valence-corrected chi connectivity index (χ1v) is 11.2. The number of aromatic nitrogens is 3. The molecule has 0 saturated heterocycles. The van der Waals surface area contributed by atoms with Gasteiger partial charge in [-0.05, 0) is 48.9 Å². The summed E-state index contributed by atoms with van der Waals surface area (Å²) in [6.45, 7) is 1.79. The summed E-state index contributed by atoms with van der Waals surface area (Å²) in [4.78, 5) is 17.1. The Kier molecular flexibility index (Phi) is 5.79. The standard InChI is InChI=1S/C27H23N5O2/c1-18(19-5-3-2-4-6-19)34-27(33)31-26-23(15-28)16-30-32(26)24-13-14-25(29-17-24)22-11-9-21(10-12-22)20-7-8-20/h2-6,9-14,16-18,20H,7-8H2,1H3,(H,31,33). The van der Waals surface area contributed by atoms with E-state index in [1.54, 1.807) is 13.1 Å². The van der Waals surface area contributed by atoms with E-state index in [4.69, 9.17) is 4.74 Å². The number of amides is 1. The van der Waals surface area contributed by atoms with Gasteiger partial charge in [-0.25, -0.2) is 9.48 Å². The molecule has 1 amide bonds. The molecule has 1 atom stereocenters. The van der Waals surface area contributed by atoms with E-state index in [2.05, 4.69) is 45.7 Å². The van der Waals surface area contributed by atoms with Gasteiger partial charge in [-0.2, -0.15) is 10.4 Å². The van der Waals surface area contributed by atoms with Crippen molar-refractivity contribution in [1.82, 2.24) is 14.8 Å². The van der Waals surface area contributed by atoms with E-state index >= 15 is 0 Å². The molecule has 0 aliphatic heterocycles. The second kappa shape index (κ2) is 9.20. The smallest absolute Gasteiger partial charge is 0.413 e. The third-order valence-electron chi connectivity index (χ3n) is 5.91. The lowest BCUT2D eigenvalue weighted by Crippen LogP contribution is -2.19. The van der Waals surface area contributed by atoms with Gasteiger partial charge in [0, 0.05) is 5.56 Å². The highest BCUT2D eigenvalue weighted by Gasteiger charge is 2.23. The van der Waals surface area contributed by atoms with Crippen LogP contribution >= 0.6 is 0 Å². The van der Waals surface area contributed by atoms with Crippen LogP contribution in [0.5, 0.6) is 0 Å². The van der Waals surface area contributed by atoms with Crippen molar-refractivity contribution in [2.45, 2.75) is 31.8 Å². The summed E-state index contributed by atoms with van der Waals surface area (Å²) in [6.07, 6.45) is 4.50. The van der Waals surface area contributed by atoms with E-state index in [0.717, 1.165) is 16.8 Å². The van der Waals surface area contributed by atoms with Gasteiger partial charge in [-0.3, -0.25) is 10.3 Å². The van der Waals surface area contributed by atoms with Crippen molar-refractivity contribution >= 4 is 11.9 Å². The fourth-order valence-corrected chi connectivity index (χ4v) is 3.85. The van der Waals surface area contributed by atoms with E-state index in [1.807, 2.05) is 42.5 Å². The molecular formula is C27H23N5O2. The second-order valence-corrected chi connectivity index (χ2v) is 8.31. The highest BCUT2D eigenvalue weighted by Crippen LogP contribution is 2.40. The van der Waals surface area contributed by atoms with Gasteiger partial charge < -0.3 is 4.74 Å². The summed E-state index contributed by atoms with van der Waals surface area (Å²) < 4.78 is 6.96. The summed E-state index contributed by atoms with van der Waals surface area (Å²) in [7, 11) is 0. The van der Waals surface area contributed by atoms with Crippen molar-refractivity contribution in [3.63, 3.8) is 0 Å². The molecule has 0 radical (unpaired) electrons. The highest BCUT2D eigenvalue weighted by atomic mass is 16.6. The zero-order valence-electron chi connectivity index (χ0n) is 18.7. The molecule has 1 N–H and O–H groups in total. The minimum Gasteiger partial charge on any atom is -0.441 e. The molecule has 2 heterocycles. The zero-order valence-corrected chi connectivity index (χ0v) is 18.7. The lowest BCUT2D eigenvalue weighted by atomic mass is 10.1. The summed E-state index contributed by atoms with van der Waals surface area (Å²) in [5.41, 5.74) is 4.97. The monoisotopic (exact) mass is 449 g/mol. The Morgan fingerprint density at radius 2 is 1.85 bits per heavy atom. The molecule has 1 aliphatic carbocycles. The molecule has 1 saturated carbocycles. The third-order valence-corrected chi connectivity index (χ3v) is 5.91. The molecule has 168 valence electrons. The highest BCUT2D eigenvalue weighted by molar-refractivity contribution is 5.86. The molecule has 2 aromatic carbocycles. The Morgan fingerprint density at radius 3 is 2.50 bits per heavy atom. The van der Waals surface area contributed by atoms with Crippen LogP contribution in [0.25, 0.3) is 16.9 Å². The quantitative estimate of drug-likeness (QED) is 0.390. The van der Waals surface area contributed by atoms with Gasteiger partial charge in [0.1, 0.15) is 17.7 Å². The first kappa shape index (κ1) is 21.4. The Morgan fingerprint density at radius 1 is 1.09 bits per heavy atom. The van der Waals surface area contributed by atoms with Crippen LogP contribution in [0.1, 0.15) is 48.5 Å². The topological polar surface area (TPSA) is 92.8 Å². The maximum atomic E-state index is 12.6. The minimum atomic E-state index is -0.671. The van der Waals surface area contributed by atoms with Gasteiger partial charge in [-0.1, -0.05) is 54.6 Å². The van der Waals surface area contributed by atoms with Crippen LogP contribution in [-0.4, -0.2) is 20.9 Å². The predicted octanol–water partition coefficient (Wildman–Crippen LogP) is 5.99. The molecule has 0 spiro atoms. The second-order valence-electron chi connectivity index (χ2n) is 8.31. The van der Waals surface area contributed by atoms with Crippen molar-refractivity contribution in [3.8, 4) is 23.0 Å². The minimum absolute atomic E-state index is 0.226. The number of hydrogen-bond donors (Lipinski definition) is 1. The van der Waals surface area contributed by atoms with E-state index in [9.17, 15) is 10.1 Å². The average Bonchev–Trinajstić information content (AvgIpc) is 3.66. The summed E-state index contributed by atoms with van der Waals surface area (Å²) in [6, 6.07) is 23.8. The van der Waals surface area contributed by atoms with E-state index in [-0.39, 0.29) is 11.4 Å². The molecule has 1 unspecified atom stereocenters. The van der Waals surface area contributed by atoms with Gasteiger partial charge in [-0.15, -0.1) is 0 Å². The molecule has 4 aromatic rings. The summed E-state index contributed by atoms with van der Waals surface area (Å²) in [5.74, 6) is 0.947. The Labute approximate surface area is 197 Å². The number of nitrogens with one attached hydrogen (secondary N) is 1. The molecule has 5 rings (SSSR count). The van der Waals surface area contributed by atoms with Crippen molar-refractivity contribution in [2.24, 2.45) is 0 Å². The van der Waals surface area contributed by atoms with Crippen LogP contribution in [0, 0.1) is 11.3 Å².